The molecule has 33 heavy (non-hydrogen) atoms. The molecule has 1 aliphatic rings. The molecular formula is C20H22F3N5O4S. The van der Waals surface area contributed by atoms with Crippen LogP contribution in [0.2, 0.25) is 0 Å². The smallest absolute Gasteiger partial charge is 0.417 e. The summed E-state index contributed by atoms with van der Waals surface area (Å²) in [6.45, 7) is 4.19. The average Bonchev–Trinajstić information content (AvgIpc) is 3.32. The lowest BCUT2D eigenvalue weighted by atomic mass is 10.0. The SMILES string of the molecule is CC(C)c1coc(CNC2=NS(=O)N=C2Nc2ccc(C(F)(F)F)c(C(=O)N(C)C)c2O)c1. The third kappa shape index (κ3) is 5.35. The van der Waals surface area contributed by atoms with E-state index in [1.807, 2.05) is 19.9 Å². The van der Waals surface area contributed by atoms with Crippen LogP contribution in [0.5, 0.6) is 5.75 Å². The molecule has 2 aromatic rings. The lowest BCUT2D eigenvalue weighted by molar-refractivity contribution is -0.138. The number of phenolic OH excluding ortho intramolecular Hbond substituents is 1. The van der Waals surface area contributed by atoms with Gasteiger partial charge in [0.1, 0.15) is 5.76 Å². The van der Waals surface area contributed by atoms with Crippen LogP contribution in [0.1, 0.15) is 47.0 Å². The van der Waals surface area contributed by atoms with Gasteiger partial charge in [-0.25, -0.2) is 4.21 Å². The minimum atomic E-state index is -4.87. The molecule has 3 N–H and O–H groups in total. The zero-order valence-electron chi connectivity index (χ0n) is 18.1. The van der Waals surface area contributed by atoms with Gasteiger partial charge in [-0.3, -0.25) is 4.79 Å². The summed E-state index contributed by atoms with van der Waals surface area (Å²) < 4.78 is 65.2. The predicted molar refractivity (Wildman–Crippen MR) is 117 cm³/mol. The fourth-order valence-corrected chi connectivity index (χ4v) is 3.56. The van der Waals surface area contributed by atoms with Crippen molar-refractivity contribution >= 4 is 34.4 Å². The van der Waals surface area contributed by atoms with E-state index in [1.54, 1.807) is 6.26 Å². The highest BCUT2D eigenvalue weighted by molar-refractivity contribution is 7.83. The van der Waals surface area contributed by atoms with Crippen LogP contribution in [0.4, 0.5) is 18.9 Å². The number of carbonyl (C=O) groups is 1. The minimum Gasteiger partial charge on any atom is -0.505 e. The second kappa shape index (κ2) is 9.25. The Hall–Kier alpha value is -3.35. The maximum absolute atomic E-state index is 13.4. The van der Waals surface area contributed by atoms with E-state index in [1.165, 1.54) is 14.1 Å². The van der Waals surface area contributed by atoms with E-state index in [-0.39, 0.29) is 29.8 Å². The number of phenols is 1. The van der Waals surface area contributed by atoms with E-state index in [4.69, 9.17) is 4.42 Å². The van der Waals surface area contributed by atoms with Crippen LogP contribution in [-0.2, 0) is 23.9 Å². The fourth-order valence-electron chi connectivity index (χ4n) is 2.92. The Morgan fingerprint density at radius 2 is 1.91 bits per heavy atom. The number of amidine groups is 2. The van der Waals surface area contributed by atoms with Crippen molar-refractivity contribution in [2.75, 3.05) is 19.4 Å². The fraction of sp³-hybridized carbons (Fsp3) is 0.350. The van der Waals surface area contributed by atoms with Gasteiger partial charge in [-0.2, -0.15) is 13.2 Å². The summed E-state index contributed by atoms with van der Waals surface area (Å²) in [4.78, 5) is 13.3. The van der Waals surface area contributed by atoms with Crippen molar-refractivity contribution in [3.8, 4) is 5.75 Å². The molecular weight excluding hydrogens is 463 g/mol. The van der Waals surface area contributed by atoms with Gasteiger partial charge in [0.25, 0.3) is 17.1 Å². The topological polar surface area (TPSA) is 120 Å². The number of aromatic hydroxyl groups is 1. The lowest BCUT2D eigenvalue weighted by Gasteiger charge is -2.19. The molecule has 1 aromatic heterocycles. The van der Waals surface area contributed by atoms with Crippen molar-refractivity contribution in [2.45, 2.75) is 32.5 Å². The highest BCUT2D eigenvalue weighted by Gasteiger charge is 2.38. The van der Waals surface area contributed by atoms with Gasteiger partial charge in [0.15, 0.2) is 17.4 Å². The van der Waals surface area contributed by atoms with Crippen LogP contribution < -0.4 is 10.6 Å². The number of nitrogens with zero attached hydrogens (tertiary/aromatic N) is 3. The standard InChI is InChI=1S/C20H22F3N5O4S/c1-10(2)11-7-12(32-9-11)8-24-17-18(27-33(31)26-17)25-14-6-5-13(20(21,22)23)15(16(14)29)19(30)28(3)4/h5-7,9-10,29H,8H2,1-4H3,(H,24,26)(H,25,27). The van der Waals surface area contributed by atoms with E-state index < -0.39 is 40.1 Å². The van der Waals surface area contributed by atoms with Crippen molar-refractivity contribution in [3.63, 3.8) is 0 Å². The quantitative estimate of drug-likeness (QED) is 0.559. The Morgan fingerprint density at radius 1 is 1.24 bits per heavy atom. The molecule has 3 rings (SSSR count). The van der Waals surface area contributed by atoms with Crippen molar-refractivity contribution in [3.05, 3.63) is 46.9 Å². The number of furan rings is 1. The average molecular weight is 485 g/mol. The molecule has 13 heteroatoms. The summed E-state index contributed by atoms with van der Waals surface area (Å²) in [5, 5.41) is 16.0. The van der Waals surface area contributed by atoms with Gasteiger partial charge in [0.05, 0.1) is 29.6 Å². The van der Waals surface area contributed by atoms with Gasteiger partial charge in [0.2, 0.25) is 0 Å². The van der Waals surface area contributed by atoms with Crippen molar-refractivity contribution in [2.24, 2.45) is 8.80 Å². The van der Waals surface area contributed by atoms with E-state index in [0.29, 0.717) is 11.8 Å². The summed E-state index contributed by atoms with van der Waals surface area (Å²) >= 11 is -1.98. The third-order valence-electron chi connectivity index (χ3n) is 4.69. The van der Waals surface area contributed by atoms with Gasteiger partial charge in [-0.15, -0.1) is 8.80 Å². The monoisotopic (exact) mass is 485 g/mol. The van der Waals surface area contributed by atoms with E-state index in [0.717, 1.165) is 16.5 Å². The van der Waals surface area contributed by atoms with E-state index >= 15 is 0 Å². The van der Waals surface area contributed by atoms with Crippen molar-refractivity contribution in [1.82, 2.24) is 10.2 Å². The number of carbonyl (C=O) groups excluding carboxylic acids is 1. The molecule has 0 fully saturated rings. The molecule has 1 aromatic carbocycles. The first kappa shape index (κ1) is 24.3. The largest absolute Gasteiger partial charge is 0.505 e. The zero-order chi connectivity index (χ0) is 24.5. The Morgan fingerprint density at radius 3 is 2.48 bits per heavy atom. The van der Waals surface area contributed by atoms with E-state index in [2.05, 4.69) is 19.4 Å². The number of anilines is 1. The molecule has 2 heterocycles. The number of halogens is 3. The molecule has 1 amide bonds. The number of nitrogens with one attached hydrogen (secondary N) is 2. The predicted octanol–water partition coefficient (Wildman–Crippen LogP) is 3.42. The first-order chi connectivity index (χ1) is 15.4. The number of hydrogen-bond donors (Lipinski definition) is 3. The van der Waals surface area contributed by atoms with Crippen molar-refractivity contribution < 1.29 is 31.7 Å². The van der Waals surface area contributed by atoms with Crippen LogP contribution in [0.3, 0.4) is 0 Å². The lowest BCUT2D eigenvalue weighted by Crippen LogP contribution is -2.33. The Kier molecular flexibility index (Phi) is 6.81. The highest BCUT2D eigenvalue weighted by atomic mass is 32.2. The molecule has 178 valence electrons. The maximum atomic E-state index is 13.4. The second-order valence-corrected chi connectivity index (χ2v) is 8.50. The first-order valence-corrected chi connectivity index (χ1v) is 10.8. The Bertz CT molecular complexity index is 1160. The van der Waals surface area contributed by atoms with E-state index in [9.17, 15) is 27.3 Å². The number of alkyl halides is 3. The van der Waals surface area contributed by atoms with Gasteiger partial charge >= 0.3 is 6.18 Å². The van der Waals surface area contributed by atoms with Crippen LogP contribution in [0, 0.1) is 0 Å². The van der Waals surface area contributed by atoms with Crippen molar-refractivity contribution in [1.29, 1.82) is 0 Å². The number of rotatable bonds is 5. The summed E-state index contributed by atoms with van der Waals surface area (Å²) in [5.74, 6) is -1.14. The van der Waals surface area contributed by atoms with Crippen LogP contribution in [0.15, 0.2) is 37.7 Å². The molecule has 1 unspecified atom stereocenters. The second-order valence-electron chi connectivity index (χ2n) is 7.67. The minimum absolute atomic E-state index is 0.0515. The van der Waals surface area contributed by atoms with Gasteiger partial charge in [-0.1, -0.05) is 13.8 Å². The summed E-state index contributed by atoms with van der Waals surface area (Å²) in [6.07, 6.45) is -3.25. The van der Waals surface area contributed by atoms with Gasteiger partial charge < -0.3 is 25.1 Å². The molecule has 0 saturated carbocycles. The van der Waals surface area contributed by atoms with Crippen LogP contribution >= 0.6 is 0 Å². The summed E-state index contributed by atoms with van der Waals surface area (Å²) in [6, 6.07) is 3.47. The zero-order valence-corrected chi connectivity index (χ0v) is 19.0. The van der Waals surface area contributed by atoms with Gasteiger partial charge in [0, 0.05) is 14.1 Å². The number of benzene rings is 1. The molecule has 0 bridgehead atoms. The molecule has 0 spiro atoms. The third-order valence-corrected chi connectivity index (χ3v) is 5.37. The summed E-state index contributed by atoms with van der Waals surface area (Å²) in [7, 11) is 2.53. The summed E-state index contributed by atoms with van der Waals surface area (Å²) in [5.41, 5.74) is -1.45. The molecule has 0 aliphatic carbocycles. The molecule has 0 radical (unpaired) electrons. The molecule has 1 aliphatic heterocycles. The normalized spacial score (nSPS) is 15.9. The first-order valence-electron chi connectivity index (χ1n) is 9.71. The number of hydrogen-bond acceptors (Lipinski definition) is 6. The Labute approximate surface area is 190 Å². The van der Waals surface area contributed by atoms with Crippen LogP contribution in [-0.4, -0.2) is 45.9 Å². The Balaban J connectivity index is 1.86. The van der Waals surface area contributed by atoms with Gasteiger partial charge in [-0.05, 0) is 29.7 Å². The van der Waals surface area contributed by atoms with Crippen LogP contribution in [0.25, 0.3) is 0 Å². The molecule has 9 nitrogen and oxygen atoms in total. The number of amides is 1. The molecule has 0 saturated heterocycles. The maximum Gasteiger partial charge on any atom is 0.417 e. The highest BCUT2D eigenvalue weighted by Crippen LogP contribution is 2.40. The molecule has 1 atom stereocenters.